The molecule has 0 spiro atoms. The van der Waals surface area contributed by atoms with Crippen molar-refractivity contribution >= 4 is 39.1 Å². The van der Waals surface area contributed by atoms with E-state index in [1.807, 2.05) is 0 Å². The molecule has 15 heteroatoms. The molecule has 0 aliphatic carbocycles. The summed E-state index contributed by atoms with van der Waals surface area (Å²) in [6, 6.07) is 9.68. The zero-order valence-electron chi connectivity index (χ0n) is 28.7. The summed E-state index contributed by atoms with van der Waals surface area (Å²) in [6.07, 6.45) is -1.52. The van der Waals surface area contributed by atoms with Crippen LogP contribution in [0.25, 0.3) is 0 Å². The van der Waals surface area contributed by atoms with Crippen molar-refractivity contribution in [3.05, 3.63) is 64.8 Å². The molecule has 4 rings (SSSR count). The lowest BCUT2D eigenvalue weighted by atomic mass is 9.77. The van der Waals surface area contributed by atoms with Gasteiger partial charge in [-0.15, -0.1) is 0 Å². The zero-order chi connectivity index (χ0) is 35.8. The van der Waals surface area contributed by atoms with Crippen molar-refractivity contribution in [2.24, 2.45) is 0 Å². The fourth-order valence-electron chi connectivity index (χ4n) is 6.06. The number of amides is 1. The molecule has 1 amide bonds. The molecule has 3 aromatic rings. The number of ether oxygens (including phenoxy) is 1. The second-order valence-corrected chi connectivity index (χ2v) is 15.5. The monoisotopic (exact) mass is 691 g/mol. The Bertz CT molecular complexity index is 1760. The first-order chi connectivity index (χ1) is 22.1. The maximum absolute atomic E-state index is 14.0. The van der Waals surface area contributed by atoms with Crippen LogP contribution in [0.4, 0.5) is 36.3 Å². The first-order valence-corrected chi connectivity index (χ1v) is 17.2. The minimum atomic E-state index is -4.77. The van der Waals surface area contributed by atoms with E-state index in [0.717, 1.165) is 29.0 Å². The number of sulfonamides is 1. The van der Waals surface area contributed by atoms with E-state index in [1.165, 1.54) is 14.2 Å². The molecule has 0 radical (unpaired) electrons. The van der Waals surface area contributed by atoms with Gasteiger partial charge in [0.25, 0.3) is 5.91 Å². The van der Waals surface area contributed by atoms with Gasteiger partial charge in [0.2, 0.25) is 16.0 Å². The maximum Gasteiger partial charge on any atom is 0.421 e. The lowest BCUT2D eigenvalue weighted by molar-refractivity contribution is -0.137. The van der Waals surface area contributed by atoms with Crippen molar-refractivity contribution in [1.82, 2.24) is 20.2 Å². The Hall–Kier alpha value is -4.11. The molecule has 1 fully saturated rings. The van der Waals surface area contributed by atoms with Gasteiger partial charge in [0.15, 0.2) is 0 Å². The number of halogens is 3. The third-order valence-corrected chi connectivity index (χ3v) is 10.2. The Kier molecular flexibility index (Phi) is 10.3. The molecule has 1 aliphatic heterocycles. The largest absolute Gasteiger partial charge is 0.495 e. The normalized spacial score (nSPS) is 16.7. The van der Waals surface area contributed by atoms with E-state index < -0.39 is 27.6 Å². The number of anilines is 4. The minimum absolute atomic E-state index is 0.0447. The molecule has 2 aromatic carbocycles. The van der Waals surface area contributed by atoms with Gasteiger partial charge in [-0.1, -0.05) is 12.1 Å². The number of aromatic nitrogens is 2. The van der Waals surface area contributed by atoms with Crippen molar-refractivity contribution < 1.29 is 31.1 Å². The van der Waals surface area contributed by atoms with Crippen LogP contribution in [-0.2, 0) is 22.7 Å². The molecule has 0 atom stereocenters. The van der Waals surface area contributed by atoms with Crippen molar-refractivity contribution in [1.29, 1.82) is 0 Å². The third-order valence-electron chi connectivity index (χ3n) is 8.97. The molecule has 1 aromatic heterocycles. The van der Waals surface area contributed by atoms with Gasteiger partial charge >= 0.3 is 6.18 Å². The van der Waals surface area contributed by atoms with Gasteiger partial charge in [0.05, 0.1) is 24.7 Å². The highest BCUT2D eigenvalue weighted by atomic mass is 32.2. The predicted molar refractivity (Wildman–Crippen MR) is 181 cm³/mol. The number of benzene rings is 2. The number of piperidine rings is 1. The minimum Gasteiger partial charge on any atom is -0.495 e. The number of rotatable bonds is 10. The summed E-state index contributed by atoms with van der Waals surface area (Å²) in [6.45, 7) is 10.2. The van der Waals surface area contributed by atoms with Gasteiger partial charge < -0.3 is 20.7 Å². The van der Waals surface area contributed by atoms with E-state index in [9.17, 15) is 26.4 Å². The molecule has 48 heavy (non-hydrogen) atoms. The van der Waals surface area contributed by atoms with Crippen molar-refractivity contribution in [2.75, 3.05) is 42.4 Å². The second-order valence-electron chi connectivity index (χ2n) is 13.5. The van der Waals surface area contributed by atoms with Gasteiger partial charge in [-0.3, -0.25) is 14.0 Å². The molecule has 0 bridgehead atoms. The summed E-state index contributed by atoms with van der Waals surface area (Å²) in [5.41, 5.74) is 0.900. The van der Waals surface area contributed by atoms with E-state index in [-0.39, 0.29) is 41.3 Å². The Balaban J connectivity index is 1.57. The number of carbonyl (C=O) groups is 1. The number of likely N-dealkylation sites (tertiary alicyclic amines) is 1. The van der Waals surface area contributed by atoms with E-state index in [1.54, 1.807) is 43.3 Å². The van der Waals surface area contributed by atoms with Crippen molar-refractivity contribution in [2.45, 2.75) is 77.3 Å². The van der Waals surface area contributed by atoms with Crippen LogP contribution in [-0.4, -0.2) is 73.8 Å². The van der Waals surface area contributed by atoms with Crippen LogP contribution in [0.5, 0.6) is 5.75 Å². The zero-order valence-corrected chi connectivity index (χ0v) is 29.5. The fourth-order valence-corrected chi connectivity index (χ4v) is 6.58. The summed E-state index contributed by atoms with van der Waals surface area (Å²) in [5.74, 6) is -0.672. The standard InChI is InChI=1S/C33H44F3N7O4S/c1-20-10-11-22(26(14-20)42(6)48(9,45)46)18-37-28-24(33(34,35)36)19-38-30(41-28)40-25-13-12-21(15-27(25)47-8)29(44)39-23-16-31(2,3)43(7)32(4,5)17-23/h10-15,19,23H,16-18H2,1-9H3,(H,39,44)(H2,37,38,40,41). The highest BCUT2D eigenvalue weighted by Gasteiger charge is 2.43. The number of alkyl halides is 3. The SMILES string of the molecule is COc1cc(C(=O)NC2CC(C)(C)N(C)C(C)(C)C2)ccc1Nc1ncc(C(F)(F)F)c(NCc2ccc(C)cc2N(C)S(C)(=O)=O)n1. The predicted octanol–water partition coefficient (Wildman–Crippen LogP) is 5.95. The van der Waals surface area contributed by atoms with E-state index >= 15 is 0 Å². The van der Waals surface area contributed by atoms with E-state index in [4.69, 9.17) is 4.74 Å². The van der Waals surface area contributed by atoms with Crippen LogP contribution < -0.4 is 25.0 Å². The summed E-state index contributed by atoms with van der Waals surface area (Å²) >= 11 is 0. The van der Waals surface area contributed by atoms with Gasteiger partial charge in [-0.25, -0.2) is 13.4 Å². The fraction of sp³-hybridized carbons (Fsp3) is 0.485. The molecule has 1 aliphatic rings. The first kappa shape index (κ1) is 36.7. The number of hydrogen-bond donors (Lipinski definition) is 3. The summed E-state index contributed by atoms with van der Waals surface area (Å²) in [5, 5.41) is 8.75. The number of nitrogens with one attached hydrogen (secondary N) is 3. The van der Waals surface area contributed by atoms with Gasteiger partial charge in [0, 0.05) is 42.5 Å². The van der Waals surface area contributed by atoms with Gasteiger partial charge in [0.1, 0.15) is 17.1 Å². The smallest absolute Gasteiger partial charge is 0.421 e. The van der Waals surface area contributed by atoms with E-state index in [2.05, 4.69) is 65.6 Å². The molecular weight excluding hydrogens is 647 g/mol. The number of aryl methyl sites for hydroxylation is 1. The van der Waals surface area contributed by atoms with Crippen LogP contribution >= 0.6 is 0 Å². The molecule has 3 N–H and O–H groups in total. The van der Waals surface area contributed by atoms with Crippen LogP contribution in [0.3, 0.4) is 0 Å². The molecule has 11 nitrogen and oxygen atoms in total. The van der Waals surface area contributed by atoms with Crippen LogP contribution in [0.2, 0.25) is 0 Å². The Morgan fingerprint density at radius 1 is 1.10 bits per heavy atom. The Morgan fingerprint density at radius 2 is 1.75 bits per heavy atom. The number of hydrogen-bond acceptors (Lipinski definition) is 9. The third kappa shape index (κ3) is 8.29. The topological polar surface area (TPSA) is 129 Å². The average Bonchev–Trinajstić information content (AvgIpc) is 2.97. The van der Waals surface area contributed by atoms with Crippen LogP contribution in [0, 0.1) is 6.92 Å². The van der Waals surface area contributed by atoms with Crippen LogP contribution in [0.1, 0.15) is 67.6 Å². The molecule has 1 saturated heterocycles. The van der Waals surface area contributed by atoms with Gasteiger partial charge in [-0.05, 0) is 89.9 Å². The molecule has 262 valence electrons. The highest BCUT2D eigenvalue weighted by molar-refractivity contribution is 7.92. The highest BCUT2D eigenvalue weighted by Crippen LogP contribution is 2.38. The van der Waals surface area contributed by atoms with Crippen LogP contribution in [0.15, 0.2) is 42.6 Å². The summed E-state index contributed by atoms with van der Waals surface area (Å²) in [4.78, 5) is 23.6. The summed E-state index contributed by atoms with van der Waals surface area (Å²) in [7, 11) is 1.25. The lowest BCUT2D eigenvalue weighted by Gasteiger charge is -2.53. The van der Waals surface area contributed by atoms with E-state index in [0.29, 0.717) is 28.7 Å². The number of carbonyl (C=O) groups excluding carboxylic acids is 1. The average molecular weight is 692 g/mol. The Labute approximate surface area is 280 Å². The molecule has 0 saturated carbocycles. The quantitative estimate of drug-likeness (QED) is 0.237. The summed E-state index contributed by atoms with van der Waals surface area (Å²) < 4.78 is 72.9. The van der Waals surface area contributed by atoms with Crippen molar-refractivity contribution in [3.63, 3.8) is 0 Å². The number of methoxy groups -OCH3 is 1. The van der Waals surface area contributed by atoms with Crippen molar-refractivity contribution in [3.8, 4) is 5.75 Å². The molecular formula is C33H44F3N7O4S. The number of nitrogens with zero attached hydrogens (tertiary/aromatic N) is 4. The molecule has 2 heterocycles. The Morgan fingerprint density at radius 3 is 2.33 bits per heavy atom. The van der Waals surface area contributed by atoms with Gasteiger partial charge in [-0.2, -0.15) is 18.2 Å². The molecule has 0 unspecified atom stereocenters. The lowest BCUT2D eigenvalue weighted by Crippen LogP contribution is -2.62. The first-order valence-electron chi connectivity index (χ1n) is 15.3. The second kappa shape index (κ2) is 13.4. The maximum atomic E-state index is 14.0.